The van der Waals surface area contributed by atoms with Gasteiger partial charge in [-0.25, -0.2) is 4.98 Å². The van der Waals surface area contributed by atoms with Crippen LogP contribution in [0.2, 0.25) is 0 Å². The Hall–Kier alpha value is -3.55. The lowest BCUT2D eigenvalue weighted by molar-refractivity contribution is -0.134. The van der Waals surface area contributed by atoms with Crippen molar-refractivity contribution in [2.75, 3.05) is 21.3 Å². The van der Waals surface area contributed by atoms with Crippen LogP contribution in [-0.4, -0.2) is 36.8 Å². The molecule has 1 heterocycles. The Labute approximate surface area is 167 Å². The quantitative estimate of drug-likeness (QED) is 0.426. The van der Waals surface area contributed by atoms with E-state index in [0.717, 1.165) is 0 Å². The monoisotopic (exact) mass is 398 g/mol. The molecule has 0 aliphatic heterocycles. The van der Waals surface area contributed by atoms with E-state index in [-0.39, 0.29) is 17.9 Å². The molecule has 0 aliphatic carbocycles. The molecular weight excluding hydrogens is 376 g/mol. The normalized spacial score (nSPS) is 10.6. The average Bonchev–Trinajstić information content (AvgIpc) is 2.75. The fraction of sp³-hybridized carbons (Fsp3) is 0.286. The Morgan fingerprint density at radius 3 is 2.28 bits per heavy atom. The molecule has 0 atom stereocenters. The molecule has 0 saturated carbocycles. The number of rotatable bonds is 8. The van der Waals surface area contributed by atoms with Crippen LogP contribution in [0, 0.1) is 0 Å². The Bertz CT molecular complexity index is 1060. The fourth-order valence-corrected chi connectivity index (χ4v) is 2.86. The van der Waals surface area contributed by atoms with E-state index in [2.05, 4.69) is 4.98 Å². The second-order valence-corrected chi connectivity index (χ2v) is 6.22. The summed E-state index contributed by atoms with van der Waals surface area (Å²) in [6.07, 6.45) is 2.07. The summed E-state index contributed by atoms with van der Waals surface area (Å²) >= 11 is 0. The smallest absolute Gasteiger partial charge is 0.311 e. The summed E-state index contributed by atoms with van der Waals surface area (Å²) in [5.74, 6) is 1.72. The number of hydrogen-bond acceptors (Lipinski definition) is 7. The number of methoxy groups -OCH3 is 3. The molecule has 0 radical (unpaired) electrons. The zero-order valence-corrected chi connectivity index (χ0v) is 16.5. The summed E-state index contributed by atoms with van der Waals surface area (Å²) in [4.78, 5) is 29.1. The van der Waals surface area contributed by atoms with Gasteiger partial charge >= 0.3 is 5.97 Å². The molecule has 0 bridgehead atoms. The van der Waals surface area contributed by atoms with Crippen molar-refractivity contribution in [2.24, 2.45) is 0 Å². The second kappa shape index (κ2) is 9.09. The van der Waals surface area contributed by atoms with Gasteiger partial charge in [-0.15, -0.1) is 0 Å². The van der Waals surface area contributed by atoms with Crippen molar-refractivity contribution in [1.82, 2.24) is 9.55 Å². The highest BCUT2D eigenvalue weighted by molar-refractivity contribution is 5.81. The molecule has 8 nitrogen and oxygen atoms in total. The van der Waals surface area contributed by atoms with Crippen LogP contribution in [-0.2, 0) is 11.3 Å². The lowest BCUT2D eigenvalue weighted by atomic mass is 10.2. The topological polar surface area (TPSA) is 88.9 Å². The van der Waals surface area contributed by atoms with E-state index in [9.17, 15) is 9.59 Å². The van der Waals surface area contributed by atoms with Gasteiger partial charge in [-0.3, -0.25) is 14.2 Å². The number of carbonyl (C=O) groups is 1. The Kier molecular flexibility index (Phi) is 6.33. The maximum Gasteiger partial charge on any atom is 0.311 e. The van der Waals surface area contributed by atoms with E-state index in [1.54, 1.807) is 43.5 Å². The highest BCUT2D eigenvalue weighted by atomic mass is 16.5. The molecule has 2 aromatic carbocycles. The molecule has 3 aromatic rings. The van der Waals surface area contributed by atoms with Crippen molar-refractivity contribution in [3.63, 3.8) is 0 Å². The van der Waals surface area contributed by atoms with Crippen LogP contribution in [0.15, 0.2) is 47.5 Å². The van der Waals surface area contributed by atoms with Gasteiger partial charge in [0.1, 0.15) is 11.5 Å². The van der Waals surface area contributed by atoms with E-state index in [1.165, 1.54) is 25.1 Å². The first-order valence-electron chi connectivity index (χ1n) is 9.01. The van der Waals surface area contributed by atoms with Gasteiger partial charge in [0.05, 0.1) is 38.6 Å². The maximum atomic E-state index is 12.7. The third-order valence-electron chi connectivity index (χ3n) is 4.40. The summed E-state index contributed by atoms with van der Waals surface area (Å²) in [5, 5.41) is 0.422. The number of aryl methyl sites for hydroxylation is 1. The highest BCUT2D eigenvalue weighted by Gasteiger charge is 2.12. The zero-order valence-electron chi connectivity index (χ0n) is 16.5. The molecule has 0 amide bonds. The molecule has 0 unspecified atom stereocenters. The van der Waals surface area contributed by atoms with Crippen LogP contribution < -0.4 is 24.5 Å². The summed E-state index contributed by atoms with van der Waals surface area (Å²) in [5.41, 5.74) is 0.308. The molecule has 8 heteroatoms. The third-order valence-corrected chi connectivity index (χ3v) is 4.40. The fourth-order valence-electron chi connectivity index (χ4n) is 2.86. The van der Waals surface area contributed by atoms with Crippen LogP contribution in [0.25, 0.3) is 10.9 Å². The molecular formula is C21H22N2O6. The minimum absolute atomic E-state index is 0.169. The van der Waals surface area contributed by atoms with Crippen molar-refractivity contribution in [3.05, 3.63) is 53.1 Å². The predicted octanol–water partition coefficient (Wildman–Crippen LogP) is 2.81. The summed E-state index contributed by atoms with van der Waals surface area (Å²) in [7, 11) is 4.60. The van der Waals surface area contributed by atoms with E-state index >= 15 is 0 Å². The molecule has 29 heavy (non-hydrogen) atoms. The van der Waals surface area contributed by atoms with Gasteiger partial charge in [0.2, 0.25) is 0 Å². The van der Waals surface area contributed by atoms with Crippen molar-refractivity contribution in [3.8, 4) is 23.0 Å². The molecule has 0 fully saturated rings. The molecule has 1 aromatic heterocycles. The van der Waals surface area contributed by atoms with Crippen LogP contribution in [0.1, 0.15) is 12.8 Å². The van der Waals surface area contributed by atoms with Crippen molar-refractivity contribution >= 4 is 16.9 Å². The molecule has 0 N–H and O–H groups in total. The van der Waals surface area contributed by atoms with E-state index < -0.39 is 0 Å². The lowest BCUT2D eigenvalue weighted by Crippen LogP contribution is -2.21. The minimum atomic E-state index is -0.372. The van der Waals surface area contributed by atoms with E-state index in [4.69, 9.17) is 18.9 Å². The lowest BCUT2D eigenvalue weighted by Gasteiger charge is -2.10. The standard InChI is InChI=1S/C21H22N2O6/c1-26-14-6-8-15(9-7-14)29-20(24)5-4-10-23-13-22-17-12-19(28-3)18(27-2)11-16(17)21(23)25/h6-9,11-13H,4-5,10H2,1-3H3. The zero-order chi connectivity index (χ0) is 20.8. The largest absolute Gasteiger partial charge is 0.497 e. The maximum absolute atomic E-state index is 12.7. The first-order chi connectivity index (χ1) is 14.0. The molecule has 3 rings (SSSR count). The first-order valence-corrected chi connectivity index (χ1v) is 9.01. The number of ether oxygens (including phenoxy) is 4. The van der Waals surface area contributed by atoms with Crippen molar-refractivity contribution in [1.29, 1.82) is 0 Å². The number of carbonyl (C=O) groups excluding carboxylic acids is 1. The molecule has 0 spiro atoms. The first kappa shape index (κ1) is 20.2. The SMILES string of the molecule is COc1ccc(OC(=O)CCCn2cnc3cc(OC)c(OC)cc3c2=O)cc1. The molecule has 152 valence electrons. The summed E-state index contributed by atoms with van der Waals surface area (Å²) < 4.78 is 22.3. The Morgan fingerprint density at radius 1 is 0.966 bits per heavy atom. The van der Waals surface area contributed by atoms with Crippen LogP contribution in [0.3, 0.4) is 0 Å². The third kappa shape index (κ3) is 4.66. The second-order valence-electron chi connectivity index (χ2n) is 6.22. The van der Waals surface area contributed by atoms with Crippen LogP contribution in [0.4, 0.5) is 0 Å². The number of aromatic nitrogens is 2. The highest BCUT2D eigenvalue weighted by Crippen LogP contribution is 2.29. The number of nitrogens with zero attached hydrogens (tertiary/aromatic N) is 2. The van der Waals surface area contributed by atoms with Gasteiger partial charge in [-0.05, 0) is 36.8 Å². The Balaban J connectivity index is 1.64. The van der Waals surface area contributed by atoms with Gasteiger partial charge in [0, 0.05) is 19.0 Å². The number of esters is 1. The number of benzene rings is 2. The van der Waals surface area contributed by atoms with Gasteiger partial charge in [0.25, 0.3) is 5.56 Å². The van der Waals surface area contributed by atoms with Crippen LogP contribution in [0.5, 0.6) is 23.0 Å². The van der Waals surface area contributed by atoms with E-state index in [0.29, 0.717) is 46.9 Å². The van der Waals surface area contributed by atoms with Gasteiger partial charge in [-0.1, -0.05) is 0 Å². The minimum Gasteiger partial charge on any atom is -0.497 e. The van der Waals surface area contributed by atoms with Crippen LogP contribution >= 0.6 is 0 Å². The van der Waals surface area contributed by atoms with Crippen molar-refractivity contribution in [2.45, 2.75) is 19.4 Å². The van der Waals surface area contributed by atoms with Crippen molar-refractivity contribution < 1.29 is 23.7 Å². The van der Waals surface area contributed by atoms with Gasteiger partial charge in [-0.2, -0.15) is 0 Å². The Morgan fingerprint density at radius 2 is 1.62 bits per heavy atom. The van der Waals surface area contributed by atoms with Gasteiger partial charge in [0.15, 0.2) is 11.5 Å². The van der Waals surface area contributed by atoms with E-state index in [1.807, 2.05) is 0 Å². The number of hydrogen-bond donors (Lipinski definition) is 0. The molecule has 0 aliphatic rings. The average molecular weight is 398 g/mol. The summed E-state index contributed by atoms with van der Waals surface area (Å²) in [6, 6.07) is 10.0. The molecule has 0 saturated heterocycles. The van der Waals surface area contributed by atoms with Gasteiger partial charge < -0.3 is 18.9 Å². The predicted molar refractivity (Wildman–Crippen MR) is 107 cm³/mol. The number of fused-ring (bicyclic) bond motifs is 1. The summed E-state index contributed by atoms with van der Waals surface area (Å²) in [6.45, 7) is 0.341.